The topological polar surface area (TPSA) is 70.0 Å². The van der Waals surface area contributed by atoms with E-state index in [-0.39, 0.29) is 17.6 Å². The van der Waals surface area contributed by atoms with Crippen LogP contribution in [0.3, 0.4) is 0 Å². The summed E-state index contributed by atoms with van der Waals surface area (Å²) in [5, 5.41) is 5.98. The van der Waals surface area contributed by atoms with Crippen LogP contribution in [0.2, 0.25) is 0 Å². The van der Waals surface area contributed by atoms with Crippen molar-refractivity contribution in [3.8, 4) is 0 Å². The Morgan fingerprint density at radius 1 is 0.931 bits per heavy atom. The van der Waals surface area contributed by atoms with Crippen molar-refractivity contribution in [2.75, 3.05) is 4.90 Å². The third-order valence-corrected chi connectivity index (χ3v) is 6.23. The van der Waals surface area contributed by atoms with Crippen LogP contribution in [0.25, 0.3) is 0 Å². The largest absolute Gasteiger partial charge is 0.292 e. The second-order valence-electron chi connectivity index (χ2n) is 7.24. The number of hydrazone groups is 1. The SMILES string of the molecule is O=C(c1ccccc1)[C@@H]1[C@@H]2C(=O)N(c3ccc(Br)cc3)C(=O)[C@@H]2C2C=CC=NN21. The van der Waals surface area contributed by atoms with Crippen LogP contribution in [0.4, 0.5) is 5.69 Å². The molecule has 1 unspecified atom stereocenters. The number of halogens is 1. The smallest absolute Gasteiger partial charge is 0.240 e. The lowest BCUT2D eigenvalue weighted by atomic mass is 9.86. The summed E-state index contributed by atoms with van der Waals surface area (Å²) in [5.41, 5.74) is 1.02. The first-order valence-corrected chi connectivity index (χ1v) is 10.1. The number of ketones is 1. The predicted molar refractivity (Wildman–Crippen MR) is 111 cm³/mol. The molecule has 144 valence electrons. The molecular weight excluding hydrogens is 434 g/mol. The van der Waals surface area contributed by atoms with E-state index in [9.17, 15) is 14.4 Å². The number of allylic oxidation sites excluding steroid dienone is 1. The number of carbonyl (C=O) groups is 3. The third kappa shape index (κ3) is 2.68. The summed E-state index contributed by atoms with van der Waals surface area (Å²) in [7, 11) is 0. The molecule has 2 fully saturated rings. The minimum Gasteiger partial charge on any atom is -0.292 e. The molecule has 3 aliphatic rings. The number of fused-ring (bicyclic) bond motifs is 3. The first-order valence-electron chi connectivity index (χ1n) is 9.29. The van der Waals surface area contributed by atoms with E-state index in [0.29, 0.717) is 11.3 Å². The van der Waals surface area contributed by atoms with E-state index in [1.807, 2.05) is 12.1 Å². The molecule has 2 saturated heterocycles. The molecule has 3 heterocycles. The zero-order valence-electron chi connectivity index (χ0n) is 15.2. The van der Waals surface area contributed by atoms with Gasteiger partial charge in [0, 0.05) is 16.3 Å². The Morgan fingerprint density at radius 3 is 2.34 bits per heavy atom. The first-order chi connectivity index (χ1) is 14.1. The highest BCUT2D eigenvalue weighted by Crippen LogP contribution is 2.46. The summed E-state index contributed by atoms with van der Waals surface area (Å²) in [6.07, 6.45) is 5.19. The van der Waals surface area contributed by atoms with Crippen LogP contribution in [-0.4, -0.2) is 40.9 Å². The lowest BCUT2D eigenvalue weighted by molar-refractivity contribution is -0.123. The van der Waals surface area contributed by atoms with Gasteiger partial charge in [-0.3, -0.25) is 19.4 Å². The standard InChI is InChI=1S/C22H16BrN3O3/c23-14-8-10-15(11-9-14)25-21(28)17-16-7-4-12-24-26(16)19(18(17)22(25)29)20(27)13-5-2-1-3-6-13/h1-12,16-19H/t16?,17-,18-,19+/m1/s1. The lowest BCUT2D eigenvalue weighted by Crippen LogP contribution is -2.46. The van der Waals surface area contributed by atoms with E-state index < -0.39 is 23.9 Å². The zero-order chi connectivity index (χ0) is 20.1. The van der Waals surface area contributed by atoms with Crippen LogP contribution in [0, 0.1) is 11.8 Å². The first kappa shape index (κ1) is 18.0. The fraction of sp³-hybridized carbons (Fsp3) is 0.182. The maximum atomic E-state index is 13.4. The van der Waals surface area contributed by atoms with E-state index >= 15 is 0 Å². The van der Waals surface area contributed by atoms with E-state index in [4.69, 9.17) is 0 Å². The Hall–Kier alpha value is -3.06. The molecule has 0 saturated carbocycles. The molecule has 5 rings (SSSR count). The number of hydrogen-bond donors (Lipinski definition) is 0. The van der Waals surface area contributed by atoms with E-state index in [1.54, 1.807) is 65.8 Å². The molecule has 4 atom stereocenters. The van der Waals surface area contributed by atoms with Gasteiger partial charge in [0.25, 0.3) is 0 Å². The maximum absolute atomic E-state index is 13.4. The van der Waals surface area contributed by atoms with Gasteiger partial charge in [-0.2, -0.15) is 5.10 Å². The number of carbonyl (C=O) groups excluding carboxylic acids is 3. The van der Waals surface area contributed by atoms with Crippen molar-refractivity contribution in [3.05, 3.63) is 76.8 Å². The van der Waals surface area contributed by atoms with Crippen LogP contribution in [-0.2, 0) is 9.59 Å². The summed E-state index contributed by atoms with van der Waals surface area (Å²) in [6, 6.07) is 14.6. The Bertz CT molecular complexity index is 1060. The van der Waals surface area contributed by atoms with Crippen LogP contribution in [0.5, 0.6) is 0 Å². The third-order valence-electron chi connectivity index (χ3n) is 5.70. The van der Waals surface area contributed by atoms with Gasteiger partial charge in [0.15, 0.2) is 5.78 Å². The second kappa shape index (κ2) is 6.77. The quantitative estimate of drug-likeness (QED) is 0.533. The molecule has 0 N–H and O–H groups in total. The maximum Gasteiger partial charge on any atom is 0.240 e. The highest BCUT2D eigenvalue weighted by molar-refractivity contribution is 9.10. The molecule has 0 radical (unpaired) electrons. The van der Waals surface area contributed by atoms with Gasteiger partial charge in [0.1, 0.15) is 6.04 Å². The number of nitrogens with zero attached hydrogens (tertiary/aromatic N) is 3. The Balaban J connectivity index is 1.58. The molecule has 0 aliphatic carbocycles. The summed E-state index contributed by atoms with van der Waals surface area (Å²) in [6.45, 7) is 0. The number of anilines is 1. The average molecular weight is 450 g/mol. The average Bonchev–Trinajstić information content (AvgIpc) is 3.22. The summed E-state index contributed by atoms with van der Waals surface area (Å²) in [4.78, 5) is 41.3. The Kier molecular flexibility index (Phi) is 4.20. The van der Waals surface area contributed by atoms with Crippen molar-refractivity contribution in [1.29, 1.82) is 0 Å². The van der Waals surface area contributed by atoms with Crippen molar-refractivity contribution >= 4 is 45.4 Å². The molecule has 7 heteroatoms. The molecule has 0 spiro atoms. The monoisotopic (exact) mass is 449 g/mol. The number of amides is 2. The van der Waals surface area contributed by atoms with Crippen molar-refractivity contribution in [1.82, 2.24) is 5.01 Å². The minimum atomic E-state index is -0.814. The fourth-order valence-corrected chi connectivity index (χ4v) is 4.72. The van der Waals surface area contributed by atoms with Gasteiger partial charge in [-0.25, -0.2) is 4.90 Å². The molecule has 2 aromatic rings. The van der Waals surface area contributed by atoms with E-state index in [0.717, 1.165) is 4.47 Å². The summed E-state index contributed by atoms with van der Waals surface area (Å²) >= 11 is 3.37. The zero-order valence-corrected chi connectivity index (χ0v) is 16.8. The van der Waals surface area contributed by atoms with E-state index in [1.165, 1.54) is 4.90 Å². The fourth-order valence-electron chi connectivity index (χ4n) is 4.46. The predicted octanol–water partition coefficient (Wildman–Crippen LogP) is 3.05. The Labute approximate surface area is 175 Å². The number of benzene rings is 2. The van der Waals surface area contributed by atoms with Gasteiger partial charge in [0.2, 0.25) is 11.8 Å². The van der Waals surface area contributed by atoms with Gasteiger partial charge in [-0.1, -0.05) is 52.3 Å². The summed E-state index contributed by atoms with van der Waals surface area (Å²) in [5.74, 6) is -2.26. The van der Waals surface area contributed by atoms with Crippen molar-refractivity contribution in [2.45, 2.75) is 12.1 Å². The van der Waals surface area contributed by atoms with Crippen LogP contribution in [0.1, 0.15) is 10.4 Å². The van der Waals surface area contributed by atoms with Gasteiger partial charge >= 0.3 is 0 Å². The van der Waals surface area contributed by atoms with Crippen LogP contribution >= 0.6 is 15.9 Å². The Morgan fingerprint density at radius 2 is 1.62 bits per heavy atom. The summed E-state index contributed by atoms with van der Waals surface area (Å²) < 4.78 is 0.855. The van der Waals surface area contributed by atoms with Crippen molar-refractivity contribution < 1.29 is 14.4 Å². The molecule has 0 bridgehead atoms. The normalized spacial score (nSPS) is 27.3. The van der Waals surface area contributed by atoms with Crippen LogP contribution in [0.15, 0.2) is 76.3 Å². The molecular formula is C22H16BrN3O3. The second-order valence-corrected chi connectivity index (χ2v) is 8.15. The number of rotatable bonds is 3. The van der Waals surface area contributed by atoms with Gasteiger partial charge in [-0.15, -0.1) is 0 Å². The van der Waals surface area contributed by atoms with E-state index in [2.05, 4.69) is 21.0 Å². The molecule has 0 aromatic heterocycles. The van der Waals surface area contributed by atoms with Gasteiger partial charge in [-0.05, 0) is 30.3 Å². The van der Waals surface area contributed by atoms with Crippen molar-refractivity contribution in [2.24, 2.45) is 16.9 Å². The molecule has 29 heavy (non-hydrogen) atoms. The van der Waals surface area contributed by atoms with Crippen molar-refractivity contribution in [3.63, 3.8) is 0 Å². The minimum absolute atomic E-state index is 0.200. The van der Waals surface area contributed by atoms with Gasteiger partial charge < -0.3 is 0 Å². The number of Topliss-reactive ketones (excluding diaryl/α,β-unsaturated/α-hetero) is 1. The number of hydrogen-bond acceptors (Lipinski definition) is 5. The lowest BCUT2D eigenvalue weighted by Gasteiger charge is -2.30. The number of imide groups is 1. The highest BCUT2D eigenvalue weighted by atomic mass is 79.9. The molecule has 2 amide bonds. The van der Waals surface area contributed by atoms with Crippen LogP contribution < -0.4 is 4.90 Å². The molecule has 2 aromatic carbocycles. The molecule has 3 aliphatic heterocycles. The molecule has 6 nitrogen and oxygen atoms in total. The highest BCUT2D eigenvalue weighted by Gasteiger charge is 2.64. The van der Waals surface area contributed by atoms with Gasteiger partial charge in [0.05, 0.1) is 23.6 Å².